The summed E-state index contributed by atoms with van der Waals surface area (Å²) in [6, 6.07) is 13.8. The van der Waals surface area contributed by atoms with Crippen LogP contribution in [0.4, 0.5) is 0 Å². The van der Waals surface area contributed by atoms with Gasteiger partial charge in [0.1, 0.15) is 5.60 Å². The minimum Gasteiger partial charge on any atom is -0.408 e. The standard InChI is InChI=1S/C19H22N2O5S/c1-4-19(25-3,14-8-6-5-7-9-14)13-20-27(23,24)15-10-11-17-16(12-15)21(2)18(22)26-17/h5-12,20H,4,13H2,1-3H3/t19-/m0/s1. The lowest BCUT2D eigenvalue weighted by molar-refractivity contribution is -0.0133. The third-order valence-electron chi connectivity index (χ3n) is 4.88. The summed E-state index contributed by atoms with van der Waals surface area (Å²) in [5.74, 6) is -0.541. The molecule has 3 aromatic rings. The number of aryl methyl sites for hydroxylation is 1. The molecule has 8 heteroatoms. The number of nitrogens with zero attached hydrogens (tertiary/aromatic N) is 1. The second-order valence-electron chi connectivity index (χ2n) is 6.30. The Morgan fingerprint density at radius 3 is 2.52 bits per heavy atom. The van der Waals surface area contributed by atoms with Crippen LogP contribution < -0.4 is 10.5 Å². The molecule has 2 aromatic carbocycles. The summed E-state index contributed by atoms with van der Waals surface area (Å²) in [5.41, 5.74) is 0.872. The minimum atomic E-state index is -3.81. The first-order chi connectivity index (χ1) is 12.8. The second kappa shape index (κ2) is 7.30. The van der Waals surface area contributed by atoms with Crippen molar-refractivity contribution in [2.45, 2.75) is 23.8 Å². The van der Waals surface area contributed by atoms with E-state index in [9.17, 15) is 13.2 Å². The molecule has 0 bridgehead atoms. The topological polar surface area (TPSA) is 90.5 Å². The molecule has 1 heterocycles. The Morgan fingerprint density at radius 1 is 1.19 bits per heavy atom. The highest BCUT2D eigenvalue weighted by molar-refractivity contribution is 7.89. The Balaban J connectivity index is 1.92. The van der Waals surface area contributed by atoms with Gasteiger partial charge in [0.05, 0.1) is 10.4 Å². The van der Waals surface area contributed by atoms with E-state index in [0.717, 1.165) is 5.56 Å². The van der Waals surface area contributed by atoms with Crippen LogP contribution in [-0.4, -0.2) is 26.6 Å². The zero-order valence-electron chi connectivity index (χ0n) is 15.4. The molecule has 1 aromatic heterocycles. The van der Waals surface area contributed by atoms with Gasteiger partial charge in [-0.25, -0.2) is 17.9 Å². The molecule has 0 aliphatic heterocycles. The maximum Gasteiger partial charge on any atom is 0.419 e. The van der Waals surface area contributed by atoms with Crippen molar-refractivity contribution in [2.75, 3.05) is 13.7 Å². The summed E-state index contributed by atoms with van der Waals surface area (Å²) in [6.45, 7) is 2.02. The fourth-order valence-electron chi connectivity index (χ4n) is 3.08. The van der Waals surface area contributed by atoms with Crippen molar-refractivity contribution < 1.29 is 17.6 Å². The van der Waals surface area contributed by atoms with Gasteiger partial charge in [0.15, 0.2) is 5.58 Å². The predicted octanol–water partition coefficient (Wildman–Crippen LogP) is 2.36. The average Bonchev–Trinajstić information content (AvgIpc) is 2.97. The molecule has 1 N–H and O–H groups in total. The SMILES string of the molecule is CC[C@@](CNS(=O)(=O)c1ccc2oc(=O)n(C)c2c1)(OC)c1ccccc1. The normalized spacial score (nSPS) is 14.3. The third-order valence-corrected chi connectivity index (χ3v) is 6.28. The van der Waals surface area contributed by atoms with Gasteiger partial charge in [-0.3, -0.25) is 4.57 Å². The molecule has 0 amide bonds. The van der Waals surface area contributed by atoms with Crippen LogP contribution >= 0.6 is 0 Å². The number of benzene rings is 2. The number of sulfonamides is 1. The van der Waals surface area contributed by atoms with Crippen LogP contribution in [0.15, 0.2) is 62.6 Å². The van der Waals surface area contributed by atoms with Crippen LogP contribution in [-0.2, 0) is 27.4 Å². The van der Waals surface area contributed by atoms with E-state index >= 15 is 0 Å². The maximum atomic E-state index is 12.8. The lowest BCUT2D eigenvalue weighted by atomic mass is 9.91. The number of hydrogen-bond donors (Lipinski definition) is 1. The second-order valence-corrected chi connectivity index (χ2v) is 8.07. The van der Waals surface area contributed by atoms with E-state index in [1.165, 1.54) is 29.8 Å². The van der Waals surface area contributed by atoms with Crippen LogP contribution in [0.1, 0.15) is 18.9 Å². The van der Waals surface area contributed by atoms with E-state index < -0.39 is 21.4 Å². The van der Waals surface area contributed by atoms with E-state index in [2.05, 4.69) is 4.72 Å². The van der Waals surface area contributed by atoms with Gasteiger partial charge in [-0.05, 0) is 30.2 Å². The quantitative estimate of drug-likeness (QED) is 0.669. The van der Waals surface area contributed by atoms with Crippen molar-refractivity contribution in [3.63, 3.8) is 0 Å². The molecular weight excluding hydrogens is 368 g/mol. The molecular formula is C19H22N2O5S. The number of fused-ring (bicyclic) bond motifs is 1. The van der Waals surface area contributed by atoms with Gasteiger partial charge in [0.25, 0.3) is 0 Å². The molecule has 0 spiro atoms. The summed E-state index contributed by atoms with van der Waals surface area (Å²) < 4.78 is 40.3. The fraction of sp³-hybridized carbons (Fsp3) is 0.316. The van der Waals surface area contributed by atoms with Crippen molar-refractivity contribution in [3.8, 4) is 0 Å². The molecule has 0 fully saturated rings. The first-order valence-corrected chi connectivity index (χ1v) is 10.0. The molecule has 0 aliphatic rings. The van der Waals surface area contributed by atoms with Gasteiger partial charge in [-0.2, -0.15) is 0 Å². The van der Waals surface area contributed by atoms with Gasteiger partial charge in [0.2, 0.25) is 10.0 Å². The molecule has 144 valence electrons. The first-order valence-electron chi connectivity index (χ1n) is 8.53. The van der Waals surface area contributed by atoms with Crippen LogP contribution in [0.25, 0.3) is 11.1 Å². The van der Waals surface area contributed by atoms with Crippen LogP contribution in [0.5, 0.6) is 0 Å². The lowest BCUT2D eigenvalue weighted by Gasteiger charge is -2.32. The Kier molecular flexibility index (Phi) is 5.23. The molecule has 0 saturated carbocycles. The first kappa shape index (κ1) is 19.3. The van der Waals surface area contributed by atoms with Crippen molar-refractivity contribution in [1.82, 2.24) is 9.29 Å². The third kappa shape index (κ3) is 3.55. The largest absolute Gasteiger partial charge is 0.419 e. The van der Waals surface area contributed by atoms with Gasteiger partial charge < -0.3 is 9.15 Å². The number of oxazole rings is 1. The van der Waals surface area contributed by atoms with E-state index in [0.29, 0.717) is 17.5 Å². The van der Waals surface area contributed by atoms with Crippen LogP contribution in [0.2, 0.25) is 0 Å². The lowest BCUT2D eigenvalue weighted by Crippen LogP contribution is -2.41. The number of hydrogen-bond acceptors (Lipinski definition) is 5. The Labute approximate surface area is 157 Å². The van der Waals surface area contributed by atoms with Crippen molar-refractivity contribution in [1.29, 1.82) is 0 Å². The van der Waals surface area contributed by atoms with Crippen LogP contribution in [0.3, 0.4) is 0 Å². The number of ether oxygens (including phenoxy) is 1. The Bertz CT molecular complexity index is 1100. The molecule has 1 atom stereocenters. The highest BCUT2D eigenvalue weighted by atomic mass is 32.2. The van der Waals surface area contributed by atoms with E-state index in [-0.39, 0.29) is 11.4 Å². The predicted molar refractivity (Wildman–Crippen MR) is 102 cm³/mol. The number of aromatic nitrogens is 1. The van der Waals surface area contributed by atoms with E-state index in [4.69, 9.17) is 9.15 Å². The zero-order chi connectivity index (χ0) is 19.7. The number of nitrogens with one attached hydrogen (secondary N) is 1. The zero-order valence-corrected chi connectivity index (χ0v) is 16.2. The summed E-state index contributed by atoms with van der Waals surface area (Å²) in [4.78, 5) is 11.7. The van der Waals surface area contributed by atoms with Crippen molar-refractivity contribution in [2.24, 2.45) is 7.05 Å². The molecule has 0 radical (unpaired) electrons. The molecule has 7 nitrogen and oxygen atoms in total. The molecule has 3 rings (SSSR count). The maximum absolute atomic E-state index is 12.8. The van der Waals surface area contributed by atoms with Gasteiger partial charge in [-0.1, -0.05) is 37.3 Å². The smallest absolute Gasteiger partial charge is 0.408 e. The van der Waals surface area contributed by atoms with Gasteiger partial charge in [-0.15, -0.1) is 0 Å². The van der Waals surface area contributed by atoms with Crippen molar-refractivity contribution in [3.05, 3.63) is 64.6 Å². The Hall–Kier alpha value is -2.42. The minimum absolute atomic E-state index is 0.0561. The monoisotopic (exact) mass is 390 g/mol. The summed E-state index contributed by atoms with van der Waals surface area (Å²) in [7, 11) is -0.712. The van der Waals surface area contributed by atoms with Crippen LogP contribution in [0, 0.1) is 0 Å². The summed E-state index contributed by atoms with van der Waals surface area (Å²) in [5, 5.41) is 0. The van der Waals surface area contributed by atoms with E-state index in [1.54, 1.807) is 7.11 Å². The summed E-state index contributed by atoms with van der Waals surface area (Å²) in [6.07, 6.45) is 0.589. The van der Waals surface area contributed by atoms with E-state index in [1.807, 2.05) is 37.3 Å². The molecule has 0 saturated heterocycles. The highest BCUT2D eigenvalue weighted by Crippen LogP contribution is 2.29. The van der Waals surface area contributed by atoms with Crippen molar-refractivity contribution >= 4 is 21.1 Å². The highest BCUT2D eigenvalue weighted by Gasteiger charge is 2.32. The van der Waals surface area contributed by atoms with Gasteiger partial charge >= 0.3 is 5.76 Å². The average molecular weight is 390 g/mol. The Morgan fingerprint density at radius 2 is 1.89 bits per heavy atom. The summed E-state index contributed by atoms with van der Waals surface area (Å²) >= 11 is 0. The molecule has 27 heavy (non-hydrogen) atoms. The molecule has 0 aliphatic carbocycles. The fourth-order valence-corrected chi connectivity index (χ4v) is 4.18. The van der Waals surface area contributed by atoms with Gasteiger partial charge in [0, 0.05) is 20.7 Å². The molecule has 0 unspecified atom stereocenters. The number of methoxy groups -OCH3 is 1. The number of rotatable bonds is 7.